The summed E-state index contributed by atoms with van der Waals surface area (Å²) in [7, 11) is 0. The van der Waals surface area contributed by atoms with E-state index in [1.54, 1.807) is 0 Å². The zero-order valence-corrected chi connectivity index (χ0v) is 17.0. The number of fused-ring (bicyclic) bond motifs is 4. The van der Waals surface area contributed by atoms with Crippen LogP contribution in [0.5, 0.6) is 5.75 Å². The Balaban J connectivity index is 1.29. The number of nitrogens with one attached hydrogen (secondary N) is 1. The number of carbonyl (C=O) groups is 1. The molecule has 2 aromatic carbocycles. The van der Waals surface area contributed by atoms with Crippen LogP contribution >= 0.6 is 11.6 Å². The van der Waals surface area contributed by atoms with Gasteiger partial charge in [0.2, 0.25) is 0 Å². The maximum Gasteiger partial charge on any atom is 0.407 e. The third kappa shape index (κ3) is 3.81. The average Bonchev–Trinajstić information content (AvgIpc) is 2.75. The molecular weight excluding hydrogens is 388 g/mol. The van der Waals surface area contributed by atoms with E-state index in [4.69, 9.17) is 21.1 Å². The molecule has 1 unspecified atom stereocenters. The number of carbonyl (C=O) groups excluding carboxylic acids is 1. The third-order valence-electron chi connectivity index (χ3n) is 6.38. The zero-order valence-electron chi connectivity index (χ0n) is 16.3. The van der Waals surface area contributed by atoms with Gasteiger partial charge in [0.25, 0.3) is 0 Å². The van der Waals surface area contributed by atoms with Crippen molar-refractivity contribution < 1.29 is 14.3 Å². The van der Waals surface area contributed by atoms with Crippen molar-refractivity contribution in [3.8, 4) is 16.9 Å². The average molecular weight is 413 g/mol. The van der Waals surface area contributed by atoms with Crippen LogP contribution < -0.4 is 10.1 Å². The van der Waals surface area contributed by atoms with E-state index in [2.05, 4.69) is 10.2 Å². The van der Waals surface area contributed by atoms with Crippen LogP contribution in [0.2, 0.25) is 5.02 Å². The van der Waals surface area contributed by atoms with Crippen LogP contribution in [0.4, 0.5) is 4.79 Å². The summed E-state index contributed by atoms with van der Waals surface area (Å²) in [5.41, 5.74) is 2.96. The highest BCUT2D eigenvalue weighted by Gasteiger charge is 2.37. The third-order valence-corrected chi connectivity index (χ3v) is 6.71. The van der Waals surface area contributed by atoms with Crippen molar-refractivity contribution in [2.75, 3.05) is 26.2 Å². The number of ether oxygens (including phenoxy) is 2. The van der Waals surface area contributed by atoms with Gasteiger partial charge in [-0.15, -0.1) is 0 Å². The molecule has 0 radical (unpaired) electrons. The zero-order chi connectivity index (χ0) is 19.8. The molecule has 4 aliphatic heterocycles. The van der Waals surface area contributed by atoms with Crippen LogP contribution in [0.25, 0.3) is 11.1 Å². The number of amides is 1. The highest BCUT2D eigenvalue weighted by atomic mass is 35.5. The van der Waals surface area contributed by atoms with E-state index in [-0.39, 0.29) is 18.2 Å². The van der Waals surface area contributed by atoms with Crippen LogP contribution in [-0.2, 0) is 4.74 Å². The molecule has 6 rings (SSSR count). The molecule has 3 fully saturated rings. The van der Waals surface area contributed by atoms with Gasteiger partial charge in [0.15, 0.2) is 0 Å². The van der Waals surface area contributed by atoms with Gasteiger partial charge in [-0.1, -0.05) is 41.9 Å². The molecule has 4 aliphatic rings. The van der Waals surface area contributed by atoms with Crippen molar-refractivity contribution in [2.24, 2.45) is 5.92 Å². The lowest BCUT2D eigenvalue weighted by Crippen LogP contribution is -2.52. The first-order valence-corrected chi connectivity index (χ1v) is 10.8. The first-order valence-electron chi connectivity index (χ1n) is 10.4. The molecule has 2 atom stereocenters. The maximum absolute atomic E-state index is 12.6. The molecule has 0 aromatic heterocycles. The molecule has 5 nitrogen and oxygen atoms in total. The van der Waals surface area contributed by atoms with Crippen LogP contribution in [0, 0.1) is 5.92 Å². The van der Waals surface area contributed by atoms with Crippen molar-refractivity contribution in [1.82, 2.24) is 10.2 Å². The van der Waals surface area contributed by atoms with Gasteiger partial charge in [0, 0.05) is 29.1 Å². The minimum absolute atomic E-state index is 0.0133. The van der Waals surface area contributed by atoms with Gasteiger partial charge in [-0.2, -0.15) is 0 Å². The molecule has 0 aliphatic carbocycles. The number of hydrogen-bond acceptors (Lipinski definition) is 4. The van der Waals surface area contributed by atoms with Gasteiger partial charge in [-0.3, -0.25) is 4.90 Å². The highest BCUT2D eigenvalue weighted by molar-refractivity contribution is 6.33. The summed E-state index contributed by atoms with van der Waals surface area (Å²) in [6, 6.07) is 13.7. The SMILES string of the molecule is O=C(NC1CCOc2cc(-c3ccccc3Cl)ccc21)O[C@H]1CN2CCC1CC2. The van der Waals surface area contributed by atoms with Crippen LogP contribution in [0.3, 0.4) is 0 Å². The summed E-state index contributed by atoms with van der Waals surface area (Å²) in [5.74, 6) is 1.30. The number of nitrogens with zero attached hydrogens (tertiary/aromatic N) is 1. The number of halogens is 1. The summed E-state index contributed by atoms with van der Waals surface area (Å²) in [6.45, 7) is 3.69. The van der Waals surface area contributed by atoms with Gasteiger partial charge in [0.1, 0.15) is 11.9 Å². The highest BCUT2D eigenvalue weighted by Crippen LogP contribution is 2.37. The summed E-state index contributed by atoms with van der Waals surface area (Å²) >= 11 is 6.34. The summed E-state index contributed by atoms with van der Waals surface area (Å²) in [5, 5.41) is 3.77. The van der Waals surface area contributed by atoms with E-state index >= 15 is 0 Å². The standard InChI is InChI=1S/C23H25ClN2O3/c24-19-4-2-1-3-17(19)16-5-6-18-20(9-12-28-21(18)13-16)25-23(27)29-22-14-26-10-7-15(22)8-11-26/h1-6,13,15,20,22H,7-12,14H2,(H,25,27)/t20?,22-/m0/s1. The maximum atomic E-state index is 12.6. The van der Waals surface area contributed by atoms with Crippen molar-refractivity contribution in [3.05, 3.63) is 53.1 Å². The van der Waals surface area contributed by atoms with E-state index in [1.807, 2.05) is 42.5 Å². The minimum Gasteiger partial charge on any atom is -0.493 e. The Bertz CT molecular complexity index is 911. The fourth-order valence-electron chi connectivity index (χ4n) is 4.76. The van der Waals surface area contributed by atoms with E-state index in [0.717, 1.165) is 61.3 Å². The van der Waals surface area contributed by atoms with Crippen LogP contribution in [0.15, 0.2) is 42.5 Å². The van der Waals surface area contributed by atoms with E-state index < -0.39 is 0 Å². The van der Waals surface area contributed by atoms with Crippen molar-refractivity contribution >= 4 is 17.7 Å². The minimum atomic E-state index is -0.322. The summed E-state index contributed by atoms with van der Waals surface area (Å²) in [6.07, 6.45) is 2.68. The Kier molecular flexibility index (Phi) is 5.10. The topological polar surface area (TPSA) is 50.8 Å². The molecule has 3 saturated heterocycles. The summed E-state index contributed by atoms with van der Waals surface area (Å²) < 4.78 is 11.7. The van der Waals surface area contributed by atoms with Gasteiger partial charge in [0.05, 0.1) is 12.6 Å². The lowest BCUT2D eigenvalue weighted by Gasteiger charge is -2.44. The molecule has 0 spiro atoms. The van der Waals surface area contributed by atoms with Crippen molar-refractivity contribution in [1.29, 1.82) is 0 Å². The Labute approximate surface area is 175 Å². The van der Waals surface area contributed by atoms with E-state index in [1.165, 1.54) is 0 Å². The van der Waals surface area contributed by atoms with Gasteiger partial charge < -0.3 is 14.8 Å². The van der Waals surface area contributed by atoms with Gasteiger partial charge in [-0.05, 0) is 49.5 Å². The molecule has 1 amide bonds. The number of piperidine rings is 3. The Hall–Kier alpha value is -2.24. The smallest absolute Gasteiger partial charge is 0.407 e. The van der Waals surface area contributed by atoms with E-state index in [9.17, 15) is 4.79 Å². The lowest BCUT2D eigenvalue weighted by molar-refractivity contribution is -0.0342. The normalized spacial score (nSPS) is 27.6. The van der Waals surface area contributed by atoms with Crippen molar-refractivity contribution in [3.63, 3.8) is 0 Å². The first-order chi connectivity index (χ1) is 14.2. The van der Waals surface area contributed by atoms with Gasteiger partial charge >= 0.3 is 6.09 Å². The second-order valence-corrected chi connectivity index (χ2v) is 8.56. The Morgan fingerprint density at radius 2 is 1.97 bits per heavy atom. The number of benzene rings is 2. The molecule has 0 saturated carbocycles. The van der Waals surface area contributed by atoms with Crippen molar-refractivity contribution in [2.45, 2.75) is 31.4 Å². The molecule has 1 N–H and O–H groups in total. The molecule has 6 heteroatoms. The quantitative estimate of drug-likeness (QED) is 0.797. The predicted octanol–water partition coefficient (Wildman–Crippen LogP) is 4.65. The summed E-state index contributed by atoms with van der Waals surface area (Å²) in [4.78, 5) is 15.0. The Morgan fingerprint density at radius 3 is 2.72 bits per heavy atom. The van der Waals surface area contributed by atoms with Gasteiger partial charge in [-0.25, -0.2) is 4.79 Å². The number of hydrogen-bond donors (Lipinski definition) is 1. The van der Waals surface area contributed by atoms with Crippen LogP contribution in [0.1, 0.15) is 30.9 Å². The second kappa shape index (κ2) is 7.88. The largest absolute Gasteiger partial charge is 0.493 e. The fraction of sp³-hybridized carbons (Fsp3) is 0.435. The molecule has 2 aromatic rings. The van der Waals surface area contributed by atoms with E-state index in [0.29, 0.717) is 17.5 Å². The second-order valence-electron chi connectivity index (χ2n) is 8.15. The predicted molar refractivity (Wildman–Crippen MR) is 112 cm³/mol. The molecule has 29 heavy (non-hydrogen) atoms. The molecular formula is C23H25ClN2O3. The number of rotatable bonds is 3. The monoisotopic (exact) mass is 412 g/mol. The lowest BCUT2D eigenvalue weighted by atomic mass is 9.86. The fourth-order valence-corrected chi connectivity index (χ4v) is 5.01. The number of alkyl carbamates (subject to hydrolysis) is 1. The molecule has 152 valence electrons. The molecule has 2 bridgehead atoms. The molecule has 4 heterocycles. The first kappa shape index (κ1) is 18.8. The Morgan fingerprint density at radius 1 is 1.14 bits per heavy atom. The van der Waals surface area contributed by atoms with Crippen LogP contribution in [-0.4, -0.2) is 43.3 Å².